The molecule has 0 bridgehead atoms. The number of hydrogen-bond donors (Lipinski definition) is 1. The molecule has 0 spiro atoms. The summed E-state index contributed by atoms with van der Waals surface area (Å²) in [5.41, 5.74) is 2.24. The molecule has 0 fully saturated rings. The first-order chi connectivity index (χ1) is 7.04. The highest BCUT2D eigenvalue weighted by Gasteiger charge is 2.41. The fraction of sp³-hybridized carbons (Fsp3) is 0.556. The first kappa shape index (κ1) is 12.1. The van der Waals surface area contributed by atoms with Crippen LogP contribution in [-0.2, 0) is 4.74 Å². The number of rotatable bonds is 4. The Kier molecular flexibility index (Phi) is 4.16. The van der Waals surface area contributed by atoms with Gasteiger partial charge in [-0.15, -0.1) is 0 Å². The van der Waals surface area contributed by atoms with Crippen molar-refractivity contribution in [2.45, 2.75) is 19.3 Å². The number of nitrogens with one attached hydrogen (secondary N) is 1. The Balaban J connectivity index is 2.51. The minimum atomic E-state index is -4.41. The van der Waals surface area contributed by atoms with Crippen molar-refractivity contribution in [3.8, 4) is 0 Å². The number of hydrazine groups is 1. The van der Waals surface area contributed by atoms with Gasteiger partial charge >= 0.3 is 6.18 Å². The van der Waals surface area contributed by atoms with E-state index in [1.54, 1.807) is 18.2 Å². The summed E-state index contributed by atoms with van der Waals surface area (Å²) < 4.78 is 41.8. The van der Waals surface area contributed by atoms with Crippen LogP contribution in [0.3, 0.4) is 0 Å². The van der Waals surface area contributed by atoms with Crippen LogP contribution in [-0.4, -0.2) is 30.6 Å². The van der Waals surface area contributed by atoms with E-state index in [-0.39, 0.29) is 6.61 Å². The number of alkyl halides is 3. The molecule has 0 aromatic rings. The summed E-state index contributed by atoms with van der Waals surface area (Å²) in [6.45, 7) is 1.91. The highest BCUT2D eigenvalue weighted by molar-refractivity contribution is 5.07. The first-order valence-electron chi connectivity index (χ1n) is 4.58. The predicted octanol–water partition coefficient (Wildman–Crippen LogP) is 1.80. The van der Waals surface area contributed by atoms with Gasteiger partial charge < -0.3 is 9.75 Å². The van der Waals surface area contributed by atoms with Gasteiger partial charge in [0.15, 0.2) is 0 Å². The lowest BCUT2D eigenvalue weighted by Crippen LogP contribution is -2.51. The smallest absolute Gasteiger partial charge is 0.353 e. The Morgan fingerprint density at radius 1 is 1.47 bits per heavy atom. The van der Waals surface area contributed by atoms with Crippen LogP contribution in [0.25, 0.3) is 0 Å². The largest absolute Gasteiger partial charge is 0.429 e. The maximum atomic E-state index is 12.4. The van der Waals surface area contributed by atoms with Crippen LogP contribution in [0.5, 0.6) is 0 Å². The zero-order chi connectivity index (χ0) is 11.3. The molecule has 1 aliphatic rings. The normalized spacial score (nSPS) is 18.3. The van der Waals surface area contributed by atoms with Gasteiger partial charge in [0.05, 0.1) is 6.54 Å². The van der Waals surface area contributed by atoms with E-state index in [4.69, 9.17) is 0 Å². The van der Waals surface area contributed by atoms with Crippen molar-refractivity contribution in [2.24, 2.45) is 0 Å². The van der Waals surface area contributed by atoms with E-state index in [0.29, 0.717) is 6.54 Å². The Bertz CT molecular complexity index is 250. The van der Waals surface area contributed by atoms with Crippen molar-refractivity contribution in [2.75, 3.05) is 13.2 Å². The molecule has 0 aliphatic carbocycles. The summed E-state index contributed by atoms with van der Waals surface area (Å²) in [6.07, 6.45) is 0.311. The van der Waals surface area contributed by atoms with Gasteiger partial charge in [0.25, 0.3) is 0 Å². The zero-order valence-electron chi connectivity index (χ0n) is 8.29. The second kappa shape index (κ2) is 5.18. The van der Waals surface area contributed by atoms with Crippen molar-refractivity contribution in [3.05, 3.63) is 24.4 Å². The third kappa shape index (κ3) is 3.93. The second-order valence-electron chi connectivity index (χ2n) is 2.93. The highest BCUT2D eigenvalue weighted by Crippen LogP contribution is 2.21. The first-order valence-corrected chi connectivity index (χ1v) is 4.58. The Labute approximate surface area is 86.2 Å². The molecule has 15 heavy (non-hydrogen) atoms. The number of hydrogen-bond acceptors (Lipinski definition) is 3. The standard InChI is InChI=1S/C9H13F3N2O/c1-2-15-8(9(10,11)12)13-14-6-4-3-5-7-14/h3-6,8,13H,2,7H2,1H3. The fourth-order valence-electron chi connectivity index (χ4n) is 1.09. The van der Waals surface area contributed by atoms with Crippen molar-refractivity contribution in [1.29, 1.82) is 0 Å². The minimum absolute atomic E-state index is 0.00453. The Hall–Kier alpha value is -1.01. The minimum Gasteiger partial charge on any atom is -0.353 e. The van der Waals surface area contributed by atoms with Crippen molar-refractivity contribution in [3.63, 3.8) is 0 Å². The summed E-state index contributed by atoms with van der Waals surface area (Å²) in [5.74, 6) is 0. The van der Waals surface area contributed by atoms with Gasteiger partial charge in [0.1, 0.15) is 0 Å². The van der Waals surface area contributed by atoms with E-state index in [9.17, 15) is 13.2 Å². The van der Waals surface area contributed by atoms with Crippen molar-refractivity contribution >= 4 is 0 Å². The van der Waals surface area contributed by atoms with Crippen LogP contribution in [0.4, 0.5) is 13.2 Å². The van der Waals surface area contributed by atoms with E-state index < -0.39 is 12.4 Å². The SMILES string of the molecule is CCOC(NN1C=CC=CC1)C(F)(F)F. The average Bonchev–Trinajstić information content (AvgIpc) is 2.17. The van der Waals surface area contributed by atoms with Gasteiger partial charge in [-0.05, 0) is 13.0 Å². The molecule has 6 heteroatoms. The fourth-order valence-corrected chi connectivity index (χ4v) is 1.09. The summed E-state index contributed by atoms with van der Waals surface area (Å²) >= 11 is 0. The van der Waals surface area contributed by atoms with Gasteiger partial charge in [0, 0.05) is 12.8 Å². The molecule has 0 saturated heterocycles. The lowest BCUT2D eigenvalue weighted by Gasteiger charge is -2.29. The van der Waals surface area contributed by atoms with Crippen molar-refractivity contribution in [1.82, 2.24) is 10.4 Å². The molecule has 0 amide bonds. The monoisotopic (exact) mass is 222 g/mol. The molecule has 3 nitrogen and oxygen atoms in total. The molecule has 1 unspecified atom stereocenters. The van der Waals surface area contributed by atoms with Crippen LogP contribution >= 0.6 is 0 Å². The summed E-state index contributed by atoms with van der Waals surface area (Å²) in [4.78, 5) is 0. The third-order valence-electron chi connectivity index (χ3n) is 1.73. The summed E-state index contributed by atoms with van der Waals surface area (Å²) in [6, 6.07) is 0. The van der Waals surface area contributed by atoms with Crippen molar-refractivity contribution < 1.29 is 17.9 Å². The van der Waals surface area contributed by atoms with Gasteiger partial charge in [-0.25, -0.2) is 0 Å². The molecular formula is C9H13F3N2O. The molecule has 86 valence electrons. The van der Waals surface area contributed by atoms with E-state index in [1.165, 1.54) is 18.1 Å². The second-order valence-corrected chi connectivity index (χ2v) is 2.93. The van der Waals surface area contributed by atoms with Crippen LogP contribution in [0.2, 0.25) is 0 Å². The Morgan fingerprint density at radius 3 is 2.67 bits per heavy atom. The van der Waals surface area contributed by atoms with Crippen LogP contribution in [0.15, 0.2) is 24.4 Å². The molecule has 0 radical (unpaired) electrons. The third-order valence-corrected chi connectivity index (χ3v) is 1.73. The molecule has 1 heterocycles. The lowest BCUT2D eigenvalue weighted by molar-refractivity contribution is -0.240. The van der Waals surface area contributed by atoms with E-state index >= 15 is 0 Å². The van der Waals surface area contributed by atoms with Crippen LogP contribution in [0.1, 0.15) is 6.92 Å². The molecule has 0 aromatic carbocycles. The van der Waals surface area contributed by atoms with E-state index in [0.717, 1.165) is 0 Å². The Morgan fingerprint density at radius 2 is 2.20 bits per heavy atom. The van der Waals surface area contributed by atoms with Gasteiger partial charge in [0.2, 0.25) is 6.23 Å². The molecule has 1 atom stereocenters. The summed E-state index contributed by atoms with van der Waals surface area (Å²) in [7, 11) is 0. The lowest BCUT2D eigenvalue weighted by atomic mass is 10.4. The summed E-state index contributed by atoms with van der Waals surface area (Å²) in [5, 5.41) is 1.33. The topological polar surface area (TPSA) is 24.5 Å². The van der Waals surface area contributed by atoms with Gasteiger partial charge in [-0.2, -0.15) is 18.6 Å². The van der Waals surface area contributed by atoms with E-state index in [2.05, 4.69) is 10.2 Å². The quantitative estimate of drug-likeness (QED) is 0.734. The molecule has 0 aromatic heterocycles. The van der Waals surface area contributed by atoms with Crippen LogP contribution in [0, 0.1) is 0 Å². The number of nitrogens with zero attached hydrogens (tertiary/aromatic N) is 1. The van der Waals surface area contributed by atoms with Gasteiger partial charge in [-0.3, -0.25) is 0 Å². The molecule has 1 N–H and O–H groups in total. The van der Waals surface area contributed by atoms with Gasteiger partial charge in [-0.1, -0.05) is 12.2 Å². The number of allylic oxidation sites excluding steroid dienone is 2. The molecule has 1 rings (SSSR count). The average molecular weight is 222 g/mol. The van der Waals surface area contributed by atoms with Crippen LogP contribution < -0.4 is 5.43 Å². The van der Waals surface area contributed by atoms with E-state index in [1.807, 2.05) is 0 Å². The molecular weight excluding hydrogens is 209 g/mol. The zero-order valence-corrected chi connectivity index (χ0v) is 8.29. The molecule has 0 saturated carbocycles. The maximum absolute atomic E-state index is 12.4. The maximum Gasteiger partial charge on any atom is 0.429 e. The predicted molar refractivity (Wildman–Crippen MR) is 49.6 cm³/mol. The molecule has 1 aliphatic heterocycles. The number of halogens is 3. The highest BCUT2D eigenvalue weighted by atomic mass is 19.4. The number of ether oxygens (including phenoxy) is 1.